The fourth-order valence-electron chi connectivity index (χ4n) is 4.57. The van der Waals surface area contributed by atoms with Crippen molar-refractivity contribution < 1.29 is 24.4 Å². The van der Waals surface area contributed by atoms with Crippen LogP contribution in [0.3, 0.4) is 0 Å². The number of benzene rings is 3. The minimum atomic E-state index is -1.33. The maximum atomic E-state index is 14.1. The molecular weight excluding hydrogens is 480 g/mol. The number of carbonyl (C=O) groups is 2. The summed E-state index contributed by atoms with van der Waals surface area (Å²) < 4.78 is 5.59. The Kier molecular flexibility index (Phi) is 7.71. The zero-order valence-electron chi connectivity index (χ0n) is 19.8. The van der Waals surface area contributed by atoms with Gasteiger partial charge in [0.05, 0.1) is 23.0 Å². The van der Waals surface area contributed by atoms with Gasteiger partial charge in [0.2, 0.25) is 5.91 Å². The fourth-order valence-corrected chi connectivity index (χ4v) is 5.56. The third-order valence-corrected chi connectivity index (χ3v) is 7.49. The second kappa shape index (κ2) is 10.9. The molecule has 0 aliphatic carbocycles. The summed E-state index contributed by atoms with van der Waals surface area (Å²) in [6, 6.07) is 23.3. The minimum absolute atomic E-state index is 0.124. The molecule has 9 heteroatoms. The lowest BCUT2D eigenvalue weighted by Crippen LogP contribution is -2.45. The average Bonchev–Trinajstić information content (AvgIpc) is 3.21. The van der Waals surface area contributed by atoms with Crippen LogP contribution in [0.25, 0.3) is 0 Å². The van der Waals surface area contributed by atoms with Gasteiger partial charge in [-0.25, -0.2) is 9.69 Å². The molecule has 4 rings (SSSR count). The molecule has 1 N–H and O–H groups in total. The number of ether oxygens (including phenoxy) is 1. The molecule has 186 valence electrons. The largest absolute Gasteiger partial charge is 0.439 e. The summed E-state index contributed by atoms with van der Waals surface area (Å²) in [5.74, 6) is -1.63. The fraction of sp³-hybridized carbons (Fsp3) is 0.259. The van der Waals surface area contributed by atoms with E-state index in [2.05, 4.69) is 0 Å². The molecule has 1 fully saturated rings. The molecule has 0 radical (unpaired) electrons. The highest BCUT2D eigenvalue weighted by Crippen LogP contribution is 2.44. The highest BCUT2D eigenvalue weighted by Gasteiger charge is 2.48. The maximum absolute atomic E-state index is 14.1. The molecule has 1 aliphatic heterocycles. The number of hydrogen-bond acceptors (Lipinski definition) is 7. The van der Waals surface area contributed by atoms with Gasteiger partial charge in [-0.05, 0) is 42.0 Å². The Labute approximate surface area is 213 Å². The molecule has 36 heavy (non-hydrogen) atoms. The van der Waals surface area contributed by atoms with Crippen molar-refractivity contribution in [2.75, 3.05) is 6.26 Å². The number of non-ortho nitro benzene ring substituents is 1. The van der Waals surface area contributed by atoms with Crippen LogP contribution in [0.2, 0.25) is 0 Å². The van der Waals surface area contributed by atoms with Crippen LogP contribution in [-0.2, 0) is 9.53 Å². The second-order valence-electron chi connectivity index (χ2n) is 8.55. The highest BCUT2D eigenvalue weighted by molar-refractivity contribution is 7.98. The average molecular weight is 507 g/mol. The second-order valence-corrected chi connectivity index (χ2v) is 9.53. The number of nitro groups is 1. The van der Waals surface area contributed by atoms with Gasteiger partial charge in [0.25, 0.3) is 5.69 Å². The van der Waals surface area contributed by atoms with Crippen LogP contribution in [0.5, 0.6) is 0 Å². The maximum Gasteiger partial charge on any atom is 0.417 e. The Bertz CT molecular complexity index is 1220. The van der Waals surface area contributed by atoms with E-state index in [4.69, 9.17) is 4.74 Å². The summed E-state index contributed by atoms with van der Waals surface area (Å²) in [6.45, 7) is 1.74. The number of aliphatic hydroxyl groups excluding tert-OH is 1. The first-order valence-electron chi connectivity index (χ1n) is 11.4. The van der Waals surface area contributed by atoms with Gasteiger partial charge in [-0.3, -0.25) is 14.9 Å². The molecule has 0 spiro atoms. The molecule has 0 aromatic heterocycles. The number of cyclic esters (lactones) is 1. The van der Waals surface area contributed by atoms with Crippen molar-refractivity contribution in [1.29, 1.82) is 0 Å². The Morgan fingerprint density at radius 2 is 1.58 bits per heavy atom. The zero-order chi connectivity index (χ0) is 25.8. The van der Waals surface area contributed by atoms with Gasteiger partial charge in [-0.2, -0.15) is 11.8 Å². The van der Waals surface area contributed by atoms with Crippen LogP contribution in [-0.4, -0.2) is 39.2 Å². The molecule has 5 atom stereocenters. The molecule has 2 amide bonds. The van der Waals surface area contributed by atoms with E-state index in [1.807, 2.05) is 66.9 Å². The Morgan fingerprint density at radius 3 is 2.14 bits per heavy atom. The van der Waals surface area contributed by atoms with Crippen molar-refractivity contribution in [3.05, 3.63) is 112 Å². The normalized spacial score (nSPS) is 19.9. The molecule has 1 aliphatic rings. The van der Waals surface area contributed by atoms with Crippen molar-refractivity contribution in [2.45, 2.75) is 30.4 Å². The number of carbonyl (C=O) groups excluding carboxylic acids is 2. The summed E-state index contributed by atoms with van der Waals surface area (Å²) in [6.07, 6.45) is -0.898. The van der Waals surface area contributed by atoms with Gasteiger partial charge in [0, 0.05) is 17.4 Å². The standard InChI is InChI=1S/C27H26N2O6S/c1-17-24(19-9-5-3-6-10-19)35-27(32)28(17)26(31)22(25(36-2)20-11-7-4-8-12-20)23(30)18-13-15-21(16-14-18)29(33)34/h3-17,22-25,30H,1-2H3/t17-,22-,23-,24-,25-/m0/s1. The van der Waals surface area contributed by atoms with Crippen LogP contribution in [0.4, 0.5) is 10.5 Å². The van der Waals surface area contributed by atoms with Gasteiger partial charge in [0.1, 0.15) is 6.10 Å². The number of imide groups is 1. The molecule has 0 bridgehead atoms. The SMILES string of the molecule is CS[C@@H](c1ccccc1)[C@@H](C(=O)N1C(=O)O[C@H](c2ccccc2)[C@@H]1C)[C@@H](O)c1ccc([N+](=O)[O-])cc1. The molecular formula is C27H26N2O6S. The van der Waals surface area contributed by atoms with Crippen LogP contribution < -0.4 is 0 Å². The molecule has 0 unspecified atom stereocenters. The van der Waals surface area contributed by atoms with Crippen LogP contribution in [0, 0.1) is 16.0 Å². The van der Waals surface area contributed by atoms with Crippen molar-refractivity contribution in [1.82, 2.24) is 4.90 Å². The van der Waals surface area contributed by atoms with Crippen molar-refractivity contribution in [3.63, 3.8) is 0 Å². The first kappa shape index (κ1) is 25.4. The van der Waals surface area contributed by atoms with Crippen LogP contribution >= 0.6 is 11.8 Å². The van der Waals surface area contributed by atoms with Gasteiger partial charge in [0.15, 0.2) is 0 Å². The van der Waals surface area contributed by atoms with E-state index in [0.717, 1.165) is 16.0 Å². The monoisotopic (exact) mass is 506 g/mol. The van der Waals surface area contributed by atoms with E-state index < -0.39 is 46.3 Å². The number of nitro benzene ring substituents is 1. The number of aliphatic hydroxyl groups is 1. The van der Waals surface area contributed by atoms with E-state index in [0.29, 0.717) is 5.56 Å². The molecule has 3 aromatic carbocycles. The summed E-state index contributed by atoms with van der Waals surface area (Å²) in [7, 11) is 0. The highest BCUT2D eigenvalue weighted by atomic mass is 32.2. The van der Waals surface area contributed by atoms with E-state index in [1.54, 1.807) is 6.92 Å². The van der Waals surface area contributed by atoms with E-state index >= 15 is 0 Å². The first-order chi connectivity index (χ1) is 17.3. The molecule has 1 saturated heterocycles. The van der Waals surface area contributed by atoms with Crippen molar-refractivity contribution >= 4 is 29.4 Å². The van der Waals surface area contributed by atoms with Gasteiger partial charge < -0.3 is 9.84 Å². The Morgan fingerprint density at radius 1 is 1.00 bits per heavy atom. The number of amides is 2. The summed E-state index contributed by atoms with van der Waals surface area (Å²) in [5, 5.41) is 22.1. The number of nitrogens with zero attached hydrogens (tertiary/aromatic N) is 2. The lowest BCUT2D eigenvalue weighted by Gasteiger charge is -2.32. The summed E-state index contributed by atoms with van der Waals surface area (Å²) >= 11 is 1.38. The number of hydrogen-bond donors (Lipinski definition) is 1. The van der Waals surface area contributed by atoms with Crippen LogP contribution in [0.1, 0.15) is 41.1 Å². The van der Waals surface area contributed by atoms with E-state index in [1.165, 1.54) is 36.0 Å². The van der Waals surface area contributed by atoms with Crippen molar-refractivity contribution in [2.24, 2.45) is 5.92 Å². The summed E-state index contributed by atoms with van der Waals surface area (Å²) in [4.78, 5) is 38.7. The number of rotatable bonds is 8. The lowest BCUT2D eigenvalue weighted by atomic mass is 9.87. The molecule has 3 aromatic rings. The molecule has 1 heterocycles. The third kappa shape index (κ3) is 4.98. The Balaban J connectivity index is 1.72. The third-order valence-electron chi connectivity index (χ3n) is 6.41. The Hall–Kier alpha value is -3.69. The predicted octanol–water partition coefficient (Wildman–Crippen LogP) is 5.46. The lowest BCUT2D eigenvalue weighted by molar-refractivity contribution is -0.384. The quantitative estimate of drug-likeness (QED) is 0.319. The van der Waals surface area contributed by atoms with Gasteiger partial charge in [-0.15, -0.1) is 0 Å². The topological polar surface area (TPSA) is 110 Å². The minimum Gasteiger partial charge on any atom is -0.439 e. The zero-order valence-corrected chi connectivity index (χ0v) is 20.6. The first-order valence-corrected chi connectivity index (χ1v) is 12.7. The summed E-state index contributed by atoms with van der Waals surface area (Å²) in [5.41, 5.74) is 1.80. The van der Waals surface area contributed by atoms with Gasteiger partial charge >= 0.3 is 6.09 Å². The molecule has 0 saturated carbocycles. The van der Waals surface area contributed by atoms with E-state index in [-0.39, 0.29) is 5.69 Å². The van der Waals surface area contributed by atoms with E-state index in [9.17, 15) is 24.8 Å². The predicted molar refractivity (Wildman–Crippen MR) is 136 cm³/mol. The van der Waals surface area contributed by atoms with Crippen molar-refractivity contribution in [3.8, 4) is 0 Å². The van der Waals surface area contributed by atoms with Gasteiger partial charge in [-0.1, -0.05) is 60.7 Å². The number of thioether (sulfide) groups is 1. The smallest absolute Gasteiger partial charge is 0.417 e. The molecule has 8 nitrogen and oxygen atoms in total. The van der Waals surface area contributed by atoms with Crippen LogP contribution in [0.15, 0.2) is 84.9 Å².